The van der Waals surface area contributed by atoms with Gasteiger partial charge in [-0.25, -0.2) is 0 Å². The summed E-state index contributed by atoms with van der Waals surface area (Å²) in [5, 5.41) is 8.88. The first-order chi connectivity index (χ1) is 10.2. The van der Waals surface area contributed by atoms with Crippen LogP contribution in [-0.4, -0.2) is 32.1 Å². The number of benzene rings is 3. The van der Waals surface area contributed by atoms with Crippen molar-refractivity contribution in [1.82, 2.24) is 4.90 Å². The van der Waals surface area contributed by atoms with Gasteiger partial charge in [0.05, 0.1) is 0 Å². The number of likely N-dealkylation sites (N-methyl/N-ethyl adjacent to an activating group) is 1. The van der Waals surface area contributed by atoms with Gasteiger partial charge in [-0.2, -0.15) is 0 Å². The van der Waals surface area contributed by atoms with E-state index in [1.165, 1.54) is 32.8 Å². The number of fused-ring (bicyclic) bond motifs is 2. The predicted molar refractivity (Wildman–Crippen MR) is 93.2 cm³/mol. The van der Waals surface area contributed by atoms with Crippen molar-refractivity contribution < 1.29 is 0 Å². The minimum Gasteiger partial charge on any atom is -0.383 e. The van der Waals surface area contributed by atoms with Crippen LogP contribution in [0.4, 0.5) is 5.69 Å². The summed E-state index contributed by atoms with van der Waals surface area (Å²) in [5.74, 6) is 0. The molecule has 0 aromatic heterocycles. The molecule has 0 heterocycles. The van der Waals surface area contributed by atoms with Crippen molar-refractivity contribution in [2.45, 2.75) is 6.92 Å². The summed E-state index contributed by atoms with van der Waals surface area (Å²) in [7, 11) is 4.20. The average molecular weight is 278 g/mol. The van der Waals surface area contributed by atoms with Gasteiger partial charge in [0.2, 0.25) is 0 Å². The van der Waals surface area contributed by atoms with Gasteiger partial charge in [0.25, 0.3) is 0 Å². The third-order valence-electron chi connectivity index (χ3n) is 4.02. The fourth-order valence-electron chi connectivity index (χ4n) is 2.94. The molecule has 0 aliphatic carbocycles. The standard InChI is InChI=1S/C19H22N2/c1-14-17-9-5-4-7-15(17)13-16-8-6-10-18(19(14)16)20-11-12-21(2)3/h4-10,13,20H,11-12H2,1-3H3. The molecule has 0 atom stereocenters. The molecule has 0 bridgehead atoms. The minimum atomic E-state index is 0.957. The molecule has 0 aliphatic rings. The summed E-state index contributed by atoms with van der Waals surface area (Å²) in [4.78, 5) is 2.19. The summed E-state index contributed by atoms with van der Waals surface area (Å²) in [6, 6.07) is 17.4. The second-order valence-corrected chi connectivity index (χ2v) is 5.86. The van der Waals surface area contributed by atoms with E-state index in [1.54, 1.807) is 0 Å². The molecule has 0 spiro atoms. The monoisotopic (exact) mass is 278 g/mol. The van der Waals surface area contributed by atoms with E-state index in [0.717, 1.165) is 13.1 Å². The Morgan fingerprint density at radius 1 is 0.952 bits per heavy atom. The maximum absolute atomic E-state index is 3.58. The zero-order valence-electron chi connectivity index (χ0n) is 13.0. The van der Waals surface area contributed by atoms with Crippen LogP contribution < -0.4 is 5.32 Å². The highest BCUT2D eigenvalue weighted by atomic mass is 15.1. The lowest BCUT2D eigenvalue weighted by Crippen LogP contribution is -2.20. The molecule has 0 amide bonds. The molecule has 1 N–H and O–H groups in total. The van der Waals surface area contributed by atoms with E-state index in [2.05, 4.69) is 79.8 Å². The molecule has 0 saturated carbocycles. The van der Waals surface area contributed by atoms with Crippen molar-refractivity contribution in [3.05, 3.63) is 54.1 Å². The van der Waals surface area contributed by atoms with Crippen LogP contribution >= 0.6 is 0 Å². The summed E-state index contributed by atoms with van der Waals surface area (Å²) in [6.07, 6.45) is 0. The van der Waals surface area contributed by atoms with Crippen molar-refractivity contribution in [3.8, 4) is 0 Å². The van der Waals surface area contributed by atoms with Gasteiger partial charge < -0.3 is 10.2 Å². The number of hydrogen-bond donors (Lipinski definition) is 1. The third-order valence-corrected chi connectivity index (χ3v) is 4.02. The average Bonchev–Trinajstić information content (AvgIpc) is 2.47. The van der Waals surface area contributed by atoms with Crippen LogP contribution in [0, 0.1) is 6.92 Å². The van der Waals surface area contributed by atoms with Gasteiger partial charge in [0.15, 0.2) is 0 Å². The summed E-state index contributed by atoms with van der Waals surface area (Å²) >= 11 is 0. The van der Waals surface area contributed by atoms with Gasteiger partial charge in [0, 0.05) is 24.2 Å². The van der Waals surface area contributed by atoms with Gasteiger partial charge in [0.1, 0.15) is 0 Å². The molecule has 0 unspecified atom stereocenters. The third kappa shape index (κ3) is 2.72. The smallest absolute Gasteiger partial charge is 0.0423 e. The van der Waals surface area contributed by atoms with Gasteiger partial charge >= 0.3 is 0 Å². The first-order valence-corrected chi connectivity index (χ1v) is 7.46. The van der Waals surface area contributed by atoms with Crippen molar-refractivity contribution in [2.75, 3.05) is 32.5 Å². The van der Waals surface area contributed by atoms with Gasteiger partial charge in [-0.3, -0.25) is 0 Å². The zero-order valence-corrected chi connectivity index (χ0v) is 13.0. The van der Waals surface area contributed by atoms with E-state index in [0.29, 0.717) is 0 Å². The Labute approximate surface area is 126 Å². The summed E-state index contributed by atoms with van der Waals surface area (Å²) < 4.78 is 0. The quantitative estimate of drug-likeness (QED) is 0.717. The molecular weight excluding hydrogens is 256 g/mol. The fraction of sp³-hybridized carbons (Fsp3) is 0.263. The molecule has 21 heavy (non-hydrogen) atoms. The molecule has 2 nitrogen and oxygen atoms in total. The highest BCUT2D eigenvalue weighted by Gasteiger charge is 2.07. The number of nitrogens with zero attached hydrogens (tertiary/aromatic N) is 1. The maximum Gasteiger partial charge on any atom is 0.0423 e. The largest absolute Gasteiger partial charge is 0.383 e. The van der Waals surface area contributed by atoms with Crippen LogP contribution in [-0.2, 0) is 0 Å². The van der Waals surface area contributed by atoms with Crippen LogP contribution in [0.1, 0.15) is 5.56 Å². The number of anilines is 1. The van der Waals surface area contributed by atoms with Crippen LogP contribution in [0.2, 0.25) is 0 Å². The van der Waals surface area contributed by atoms with E-state index in [1.807, 2.05) is 0 Å². The second-order valence-electron chi connectivity index (χ2n) is 5.86. The molecule has 3 aromatic rings. The minimum absolute atomic E-state index is 0.957. The summed E-state index contributed by atoms with van der Waals surface area (Å²) in [6.45, 7) is 4.21. The Bertz CT molecular complexity index is 775. The van der Waals surface area contributed by atoms with Crippen molar-refractivity contribution in [3.63, 3.8) is 0 Å². The topological polar surface area (TPSA) is 15.3 Å². The van der Waals surface area contributed by atoms with E-state index < -0.39 is 0 Å². The number of hydrogen-bond acceptors (Lipinski definition) is 2. The highest BCUT2D eigenvalue weighted by Crippen LogP contribution is 2.32. The lowest BCUT2D eigenvalue weighted by Gasteiger charge is -2.15. The molecule has 0 radical (unpaired) electrons. The Balaban J connectivity index is 2.11. The Morgan fingerprint density at radius 3 is 2.52 bits per heavy atom. The second kappa shape index (κ2) is 5.74. The molecule has 0 fully saturated rings. The Hall–Kier alpha value is -2.06. The van der Waals surface area contributed by atoms with Crippen molar-refractivity contribution >= 4 is 27.2 Å². The molecule has 2 heteroatoms. The first-order valence-electron chi connectivity index (χ1n) is 7.46. The van der Waals surface area contributed by atoms with Gasteiger partial charge in [-0.15, -0.1) is 0 Å². The van der Waals surface area contributed by atoms with E-state index in [9.17, 15) is 0 Å². The summed E-state index contributed by atoms with van der Waals surface area (Å²) in [5.41, 5.74) is 2.59. The van der Waals surface area contributed by atoms with E-state index in [4.69, 9.17) is 0 Å². The van der Waals surface area contributed by atoms with Crippen molar-refractivity contribution in [1.29, 1.82) is 0 Å². The number of rotatable bonds is 4. The molecule has 0 saturated heterocycles. The normalized spacial score (nSPS) is 11.4. The van der Waals surface area contributed by atoms with Crippen LogP contribution in [0.5, 0.6) is 0 Å². The molecule has 0 aliphatic heterocycles. The number of aryl methyl sites for hydroxylation is 1. The lowest BCUT2D eigenvalue weighted by atomic mass is 9.96. The fourth-order valence-corrected chi connectivity index (χ4v) is 2.94. The molecule has 108 valence electrons. The van der Waals surface area contributed by atoms with Crippen LogP contribution in [0.25, 0.3) is 21.5 Å². The molecule has 3 aromatic carbocycles. The van der Waals surface area contributed by atoms with Crippen LogP contribution in [0.3, 0.4) is 0 Å². The predicted octanol–water partition coefficient (Wildman–Crippen LogP) is 4.27. The van der Waals surface area contributed by atoms with E-state index in [-0.39, 0.29) is 0 Å². The van der Waals surface area contributed by atoms with Crippen LogP contribution in [0.15, 0.2) is 48.5 Å². The maximum atomic E-state index is 3.58. The van der Waals surface area contributed by atoms with E-state index >= 15 is 0 Å². The zero-order chi connectivity index (χ0) is 14.8. The Kier molecular flexibility index (Phi) is 3.80. The van der Waals surface area contributed by atoms with Crippen molar-refractivity contribution in [2.24, 2.45) is 0 Å². The highest BCUT2D eigenvalue weighted by molar-refractivity contribution is 6.07. The molecular formula is C19H22N2. The molecule has 3 rings (SSSR count). The number of nitrogens with one attached hydrogen (secondary N) is 1. The van der Waals surface area contributed by atoms with Gasteiger partial charge in [-0.05, 0) is 54.9 Å². The lowest BCUT2D eigenvalue weighted by molar-refractivity contribution is 0.425. The SMILES string of the molecule is Cc1c2ccccc2cc2cccc(NCCN(C)C)c12. The Morgan fingerprint density at radius 2 is 1.71 bits per heavy atom. The first kappa shape index (κ1) is 13.9. The van der Waals surface area contributed by atoms with Gasteiger partial charge in [-0.1, -0.05) is 36.4 Å².